The first-order valence-corrected chi connectivity index (χ1v) is 23.0. The average molecular weight is 858 g/mol. The summed E-state index contributed by atoms with van der Waals surface area (Å²) in [4.78, 5) is 2.34. The molecule has 3 nitrogen and oxygen atoms in total. The Labute approximate surface area is 388 Å². The number of rotatable bonds is 7. The number of furan rings is 2. The van der Waals surface area contributed by atoms with Crippen molar-refractivity contribution < 1.29 is 8.83 Å². The molecule has 0 radical (unpaired) electrons. The summed E-state index contributed by atoms with van der Waals surface area (Å²) in [6.07, 6.45) is 0. The summed E-state index contributed by atoms with van der Waals surface area (Å²) in [5, 5.41) is 9.49. The summed E-state index contributed by atoms with van der Waals surface area (Å²) in [5.41, 5.74) is 18.3. The molecule has 0 aliphatic carbocycles. The maximum atomic E-state index is 6.77. The SMILES string of the molecule is Cc1cc2ccccc2c2c1oc1c(-c3ccc(N(c4ccc(-c5ccc(-c6ccccc6)cc5)cc4)c4ccc(-c5cccc6c5oc5c(C)cc7ccccc7c56)cc4)cc3)cccc12. The standard InChI is InChI=1S/C64H43NO2/c1-40-38-48-14-6-8-16-53(48)59-57-20-10-18-55(63(57)66-61(40)59)46-28-34-51(35-29-46)65(50-32-26-45(27-33-50)44-24-22-43(23-25-44)42-12-4-3-5-13-42)52-36-30-47(31-37-52)56-19-11-21-58-60-54-17-9-7-15-49(54)39-41(2)62(60)67-64(56)58/h3-39H,1-2H3. The van der Waals surface area contributed by atoms with Gasteiger partial charge in [-0.3, -0.25) is 0 Å². The Morgan fingerprint density at radius 3 is 1.06 bits per heavy atom. The second-order valence-electron chi connectivity index (χ2n) is 17.7. The van der Waals surface area contributed by atoms with Gasteiger partial charge in [0.15, 0.2) is 0 Å². The van der Waals surface area contributed by atoms with Crippen LogP contribution in [0.5, 0.6) is 0 Å². The smallest absolute Gasteiger partial charge is 0.143 e. The van der Waals surface area contributed by atoms with Gasteiger partial charge >= 0.3 is 0 Å². The Morgan fingerprint density at radius 1 is 0.284 bits per heavy atom. The lowest BCUT2D eigenvalue weighted by Crippen LogP contribution is -2.09. The Bertz CT molecular complexity index is 3810. The molecular formula is C64H43NO2. The molecule has 0 spiro atoms. The molecule has 0 aliphatic heterocycles. The third-order valence-corrected chi connectivity index (χ3v) is 13.7. The molecule has 3 heteroatoms. The van der Waals surface area contributed by atoms with Crippen molar-refractivity contribution >= 4 is 82.5 Å². The monoisotopic (exact) mass is 857 g/mol. The van der Waals surface area contributed by atoms with Crippen LogP contribution in [0.4, 0.5) is 17.1 Å². The zero-order chi connectivity index (χ0) is 44.6. The van der Waals surface area contributed by atoms with Gasteiger partial charge in [0.25, 0.3) is 0 Å². The predicted octanol–water partition coefficient (Wildman–Crippen LogP) is 18.5. The summed E-state index contributed by atoms with van der Waals surface area (Å²) in [7, 11) is 0. The van der Waals surface area contributed by atoms with Crippen molar-refractivity contribution in [3.63, 3.8) is 0 Å². The van der Waals surface area contributed by atoms with Gasteiger partial charge in [-0.2, -0.15) is 0 Å². The highest BCUT2D eigenvalue weighted by atomic mass is 16.3. The summed E-state index contributed by atoms with van der Waals surface area (Å²) < 4.78 is 13.5. The van der Waals surface area contributed by atoms with Crippen molar-refractivity contribution in [3.05, 3.63) is 236 Å². The van der Waals surface area contributed by atoms with Crippen molar-refractivity contribution in [3.8, 4) is 44.5 Å². The third-order valence-electron chi connectivity index (χ3n) is 13.7. The predicted molar refractivity (Wildman–Crippen MR) is 282 cm³/mol. The summed E-state index contributed by atoms with van der Waals surface area (Å²) in [6, 6.07) is 80.7. The van der Waals surface area contributed by atoms with Crippen molar-refractivity contribution in [2.45, 2.75) is 13.8 Å². The van der Waals surface area contributed by atoms with Crippen LogP contribution in [0.1, 0.15) is 11.1 Å². The zero-order valence-corrected chi connectivity index (χ0v) is 37.1. The third kappa shape index (κ3) is 6.42. The van der Waals surface area contributed by atoms with Crippen LogP contribution in [0, 0.1) is 13.8 Å². The molecule has 11 aromatic carbocycles. The van der Waals surface area contributed by atoms with Gasteiger partial charge in [0.1, 0.15) is 22.3 Å². The molecule has 0 fully saturated rings. The van der Waals surface area contributed by atoms with Crippen LogP contribution < -0.4 is 4.90 Å². The first kappa shape index (κ1) is 38.8. The normalized spacial score (nSPS) is 11.7. The summed E-state index contributed by atoms with van der Waals surface area (Å²) in [6.45, 7) is 4.28. The molecule has 0 bridgehead atoms. The van der Waals surface area contributed by atoms with Crippen LogP contribution >= 0.6 is 0 Å². The first-order valence-electron chi connectivity index (χ1n) is 23.0. The molecule has 13 aromatic rings. The molecule has 67 heavy (non-hydrogen) atoms. The molecule has 0 aliphatic rings. The van der Waals surface area contributed by atoms with E-state index in [1.807, 2.05) is 0 Å². The number of benzene rings is 11. The number of hydrogen-bond acceptors (Lipinski definition) is 3. The number of anilines is 3. The Balaban J connectivity index is 0.898. The molecule has 13 rings (SSSR count). The average Bonchev–Trinajstić information content (AvgIpc) is 3.99. The maximum absolute atomic E-state index is 6.77. The van der Waals surface area contributed by atoms with E-state index in [0.717, 1.165) is 89.1 Å². The fourth-order valence-electron chi connectivity index (χ4n) is 10.4. The number of fused-ring (bicyclic) bond motifs is 10. The van der Waals surface area contributed by atoms with Crippen LogP contribution in [0.25, 0.3) is 110 Å². The van der Waals surface area contributed by atoms with E-state index in [9.17, 15) is 0 Å². The molecule has 0 N–H and O–H groups in total. The highest BCUT2D eigenvalue weighted by molar-refractivity contribution is 6.22. The molecule has 0 unspecified atom stereocenters. The number of aryl methyl sites for hydroxylation is 2. The van der Waals surface area contributed by atoms with E-state index < -0.39 is 0 Å². The minimum atomic E-state index is 0.910. The van der Waals surface area contributed by atoms with Gasteiger partial charge in [-0.05, 0) is 128 Å². The van der Waals surface area contributed by atoms with Gasteiger partial charge in [0, 0.05) is 49.7 Å². The van der Waals surface area contributed by atoms with Gasteiger partial charge in [-0.15, -0.1) is 0 Å². The fourth-order valence-corrected chi connectivity index (χ4v) is 10.4. The molecular weight excluding hydrogens is 815 g/mol. The Hall–Kier alpha value is -8.66. The van der Waals surface area contributed by atoms with E-state index in [1.165, 1.54) is 49.0 Å². The van der Waals surface area contributed by atoms with Gasteiger partial charge in [-0.1, -0.05) is 176 Å². The number of hydrogen-bond donors (Lipinski definition) is 0. The summed E-state index contributed by atoms with van der Waals surface area (Å²) in [5.74, 6) is 0. The molecule has 2 aromatic heterocycles. The van der Waals surface area contributed by atoms with Crippen LogP contribution in [-0.2, 0) is 0 Å². The zero-order valence-electron chi connectivity index (χ0n) is 37.1. The largest absolute Gasteiger partial charge is 0.455 e. The van der Waals surface area contributed by atoms with Crippen molar-refractivity contribution in [2.24, 2.45) is 0 Å². The van der Waals surface area contributed by atoms with Crippen LogP contribution in [0.3, 0.4) is 0 Å². The van der Waals surface area contributed by atoms with E-state index in [0.29, 0.717) is 0 Å². The van der Waals surface area contributed by atoms with E-state index in [-0.39, 0.29) is 0 Å². The maximum Gasteiger partial charge on any atom is 0.143 e. The Morgan fingerprint density at radius 2 is 0.627 bits per heavy atom. The first-order chi connectivity index (χ1) is 33.0. The minimum absolute atomic E-state index is 0.910. The quantitative estimate of drug-likeness (QED) is 0.160. The molecule has 0 amide bonds. The second kappa shape index (κ2) is 15.5. The van der Waals surface area contributed by atoms with E-state index in [1.54, 1.807) is 0 Å². The molecule has 316 valence electrons. The van der Waals surface area contributed by atoms with Crippen molar-refractivity contribution in [2.75, 3.05) is 4.90 Å². The van der Waals surface area contributed by atoms with Gasteiger partial charge < -0.3 is 13.7 Å². The number of nitrogens with zero attached hydrogens (tertiary/aromatic N) is 1. The van der Waals surface area contributed by atoms with Crippen molar-refractivity contribution in [1.82, 2.24) is 0 Å². The van der Waals surface area contributed by atoms with Crippen LogP contribution in [0.2, 0.25) is 0 Å². The van der Waals surface area contributed by atoms with Crippen LogP contribution in [-0.4, -0.2) is 0 Å². The van der Waals surface area contributed by atoms with Gasteiger partial charge in [0.2, 0.25) is 0 Å². The van der Waals surface area contributed by atoms with Gasteiger partial charge in [-0.25, -0.2) is 0 Å². The molecule has 2 heterocycles. The molecule has 0 saturated carbocycles. The topological polar surface area (TPSA) is 29.5 Å². The number of para-hydroxylation sites is 2. The Kier molecular flexibility index (Phi) is 8.97. The lowest BCUT2D eigenvalue weighted by molar-refractivity contribution is 0.667. The van der Waals surface area contributed by atoms with Crippen molar-refractivity contribution in [1.29, 1.82) is 0 Å². The van der Waals surface area contributed by atoms with E-state index >= 15 is 0 Å². The molecule has 0 atom stereocenters. The van der Waals surface area contributed by atoms with E-state index in [2.05, 4.69) is 243 Å². The lowest BCUT2D eigenvalue weighted by atomic mass is 9.98. The lowest BCUT2D eigenvalue weighted by Gasteiger charge is -2.26. The highest BCUT2D eigenvalue weighted by Crippen LogP contribution is 2.44. The molecule has 0 saturated heterocycles. The fraction of sp³-hybridized carbons (Fsp3) is 0.0312. The minimum Gasteiger partial charge on any atom is -0.455 e. The van der Waals surface area contributed by atoms with Gasteiger partial charge in [0.05, 0.1) is 0 Å². The second-order valence-corrected chi connectivity index (χ2v) is 17.7. The van der Waals surface area contributed by atoms with Crippen LogP contribution in [0.15, 0.2) is 233 Å². The highest BCUT2D eigenvalue weighted by Gasteiger charge is 2.20. The van der Waals surface area contributed by atoms with E-state index in [4.69, 9.17) is 8.83 Å². The summed E-state index contributed by atoms with van der Waals surface area (Å²) >= 11 is 0.